The van der Waals surface area contributed by atoms with Crippen molar-refractivity contribution in [2.75, 3.05) is 26.7 Å². The molecule has 38 heavy (non-hydrogen) atoms. The SMILES string of the molecule is COC(=O)CN.Cc1cccc(Cc2c(C(F)(F)F)c3cc(CN4CCCCC4)ccc3n(C)c2=O)c1F. The fourth-order valence-corrected chi connectivity index (χ4v) is 4.74. The van der Waals surface area contributed by atoms with Crippen LogP contribution in [-0.2, 0) is 35.7 Å². The average Bonchev–Trinajstić information content (AvgIpc) is 2.89. The number of rotatable bonds is 5. The molecule has 206 valence electrons. The van der Waals surface area contributed by atoms with Gasteiger partial charge < -0.3 is 15.0 Å². The largest absolute Gasteiger partial charge is 0.468 e. The van der Waals surface area contributed by atoms with E-state index in [0.717, 1.165) is 31.5 Å². The van der Waals surface area contributed by atoms with Crippen LogP contribution in [0.5, 0.6) is 0 Å². The second-order valence-corrected chi connectivity index (χ2v) is 9.41. The van der Waals surface area contributed by atoms with Gasteiger partial charge in [-0.2, -0.15) is 13.2 Å². The van der Waals surface area contributed by atoms with E-state index in [2.05, 4.69) is 9.64 Å². The number of alkyl halides is 3. The average molecular weight is 536 g/mol. The first-order chi connectivity index (χ1) is 18.0. The summed E-state index contributed by atoms with van der Waals surface area (Å²) in [5, 5.41) is -0.0165. The van der Waals surface area contributed by atoms with Crippen LogP contribution in [0.1, 0.15) is 47.1 Å². The van der Waals surface area contributed by atoms with Gasteiger partial charge in [0.2, 0.25) is 0 Å². The first-order valence-electron chi connectivity index (χ1n) is 12.4. The molecule has 1 saturated heterocycles. The third kappa shape index (κ3) is 6.79. The first-order valence-corrected chi connectivity index (χ1v) is 12.4. The number of aryl methyl sites for hydroxylation is 2. The monoisotopic (exact) mass is 535 g/mol. The Morgan fingerprint density at radius 2 is 1.79 bits per heavy atom. The van der Waals surface area contributed by atoms with Crippen LogP contribution >= 0.6 is 0 Å². The first kappa shape index (κ1) is 29.3. The lowest BCUT2D eigenvalue weighted by molar-refractivity contribution is -0.139. The number of nitrogens with zero attached hydrogens (tertiary/aromatic N) is 2. The number of hydrogen-bond donors (Lipinski definition) is 1. The summed E-state index contributed by atoms with van der Waals surface area (Å²) in [5.41, 5.74) is 4.07. The third-order valence-corrected chi connectivity index (χ3v) is 6.73. The summed E-state index contributed by atoms with van der Waals surface area (Å²) in [4.78, 5) is 25.1. The number of likely N-dealkylation sites (tertiary alicyclic amines) is 1. The number of carbonyl (C=O) groups is 1. The summed E-state index contributed by atoms with van der Waals surface area (Å²) in [6.45, 7) is 3.94. The number of nitrogens with two attached hydrogens (primary N) is 1. The molecule has 0 unspecified atom stereocenters. The zero-order chi connectivity index (χ0) is 28.0. The van der Waals surface area contributed by atoms with Crippen molar-refractivity contribution in [2.45, 2.75) is 45.3 Å². The van der Waals surface area contributed by atoms with Crippen molar-refractivity contribution < 1.29 is 27.1 Å². The van der Waals surface area contributed by atoms with Gasteiger partial charge in [-0.3, -0.25) is 14.5 Å². The minimum Gasteiger partial charge on any atom is -0.468 e. The molecule has 0 aliphatic carbocycles. The van der Waals surface area contributed by atoms with Crippen molar-refractivity contribution in [1.29, 1.82) is 0 Å². The van der Waals surface area contributed by atoms with Gasteiger partial charge in [-0.15, -0.1) is 0 Å². The Morgan fingerprint density at radius 3 is 2.37 bits per heavy atom. The molecule has 2 aromatic carbocycles. The molecule has 0 spiro atoms. The van der Waals surface area contributed by atoms with Gasteiger partial charge in [0.15, 0.2) is 0 Å². The lowest BCUT2D eigenvalue weighted by atomic mass is 9.95. The second kappa shape index (κ2) is 12.5. The quantitative estimate of drug-likeness (QED) is 0.379. The van der Waals surface area contributed by atoms with Crippen LogP contribution < -0.4 is 11.3 Å². The molecule has 10 heteroatoms. The summed E-state index contributed by atoms with van der Waals surface area (Å²) < 4.78 is 62.9. The van der Waals surface area contributed by atoms with Crippen molar-refractivity contribution in [3.8, 4) is 0 Å². The molecule has 0 radical (unpaired) electrons. The number of benzene rings is 2. The molecule has 3 aromatic rings. The lowest BCUT2D eigenvalue weighted by Crippen LogP contribution is -2.29. The van der Waals surface area contributed by atoms with Crippen molar-refractivity contribution in [3.63, 3.8) is 0 Å². The predicted molar refractivity (Wildman–Crippen MR) is 138 cm³/mol. The highest BCUT2D eigenvalue weighted by Crippen LogP contribution is 2.37. The van der Waals surface area contributed by atoms with Gasteiger partial charge in [0.25, 0.3) is 5.56 Å². The molecule has 1 aromatic heterocycles. The third-order valence-electron chi connectivity index (χ3n) is 6.73. The van der Waals surface area contributed by atoms with Crippen molar-refractivity contribution in [3.05, 3.63) is 80.4 Å². The van der Waals surface area contributed by atoms with Crippen molar-refractivity contribution >= 4 is 16.9 Å². The molecule has 2 N–H and O–H groups in total. The summed E-state index contributed by atoms with van der Waals surface area (Å²) in [7, 11) is 2.76. The van der Waals surface area contributed by atoms with Gasteiger partial charge in [-0.25, -0.2) is 4.39 Å². The van der Waals surface area contributed by atoms with Crippen LogP contribution in [0, 0.1) is 12.7 Å². The number of hydrogen-bond acceptors (Lipinski definition) is 5. The van der Waals surface area contributed by atoms with Crippen LogP contribution in [0.2, 0.25) is 0 Å². The Bertz CT molecular complexity index is 1340. The van der Waals surface area contributed by atoms with Crippen LogP contribution in [0.4, 0.5) is 17.6 Å². The Hall–Kier alpha value is -3.24. The minimum absolute atomic E-state index is 0.0165. The second-order valence-electron chi connectivity index (χ2n) is 9.41. The molecule has 1 fully saturated rings. The van der Waals surface area contributed by atoms with Gasteiger partial charge in [-0.05, 0) is 61.7 Å². The molecule has 0 saturated carbocycles. The van der Waals surface area contributed by atoms with Gasteiger partial charge in [0.05, 0.1) is 24.7 Å². The zero-order valence-corrected chi connectivity index (χ0v) is 21.8. The maximum atomic E-state index is 14.6. The molecular weight excluding hydrogens is 502 g/mol. The van der Waals surface area contributed by atoms with E-state index < -0.39 is 35.1 Å². The summed E-state index contributed by atoms with van der Waals surface area (Å²) >= 11 is 0. The number of fused-ring (bicyclic) bond motifs is 1. The van der Waals surface area contributed by atoms with Crippen LogP contribution in [0.15, 0.2) is 41.2 Å². The van der Waals surface area contributed by atoms with Gasteiger partial charge in [0.1, 0.15) is 5.82 Å². The van der Waals surface area contributed by atoms with Gasteiger partial charge >= 0.3 is 12.1 Å². The topological polar surface area (TPSA) is 77.6 Å². The Morgan fingerprint density at radius 1 is 1.11 bits per heavy atom. The van der Waals surface area contributed by atoms with Crippen molar-refractivity contribution in [2.24, 2.45) is 12.8 Å². The Balaban J connectivity index is 0.000000599. The number of pyridine rings is 1. The Kier molecular flexibility index (Phi) is 9.67. The van der Waals surface area contributed by atoms with E-state index in [1.165, 1.54) is 31.2 Å². The summed E-state index contributed by atoms with van der Waals surface area (Å²) in [6, 6.07) is 9.48. The number of aromatic nitrogens is 1. The number of methoxy groups -OCH3 is 1. The maximum absolute atomic E-state index is 14.6. The van der Waals surface area contributed by atoms with Crippen LogP contribution in [0.3, 0.4) is 0 Å². The van der Waals surface area contributed by atoms with E-state index in [1.54, 1.807) is 37.3 Å². The highest BCUT2D eigenvalue weighted by atomic mass is 19.4. The fraction of sp³-hybridized carbons (Fsp3) is 0.429. The number of halogens is 4. The number of piperidine rings is 1. The van der Waals surface area contributed by atoms with E-state index >= 15 is 0 Å². The zero-order valence-electron chi connectivity index (χ0n) is 21.8. The van der Waals surface area contributed by atoms with E-state index in [1.807, 2.05) is 0 Å². The molecule has 0 atom stereocenters. The number of esters is 1. The van der Waals surface area contributed by atoms with Crippen molar-refractivity contribution in [1.82, 2.24) is 9.47 Å². The maximum Gasteiger partial charge on any atom is 0.417 e. The normalized spacial score (nSPS) is 14.2. The number of carbonyl (C=O) groups excluding carboxylic acids is 1. The molecule has 0 amide bonds. The highest BCUT2D eigenvalue weighted by molar-refractivity contribution is 5.85. The Labute approximate surface area is 219 Å². The van der Waals surface area contributed by atoms with E-state index in [9.17, 15) is 27.2 Å². The smallest absolute Gasteiger partial charge is 0.417 e. The molecule has 2 heterocycles. The van der Waals surface area contributed by atoms with Gasteiger partial charge in [-0.1, -0.05) is 30.7 Å². The molecule has 1 aliphatic rings. The molecule has 4 rings (SSSR count). The van der Waals surface area contributed by atoms with E-state index in [4.69, 9.17) is 5.73 Å². The molecule has 0 bridgehead atoms. The standard InChI is InChI=1S/C25H26F4N2O.C3H7NO2/c1-16-7-6-8-18(23(16)26)14-20-22(25(27,28)29)19-13-17(15-31-11-4-3-5-12-31)9-10-21(19)30(2)24(20)32;1-6-3(5)2-4/h6-10,13H,3-5,11-12,14-15H2,1-2H3;2,4H2,1H3. The predicted octanol–water partition coefficient (Wildman–Crippen LogP) is 4.70. The van der Waals surface area contributed by atoms with Crippen LogP contribution in [-0.4, -0.2) is 42.2 Å². The number of ether oxygens (including phenoxy) is 1. The van der Waals surface area contributed by atoms with Gasteiger partial charge in [0, 0.05) is 31.0 Å². The molecular formula is C28H33F4N3O3. The fourth-order valence-electron chi connectivity index (χ4n) is 4.74. The van der Waals surface area contributed by atoms with E-state index in [-0.39, 0.29) is 29.0 Å². The van der Waals surface area contributed by atoms with Crippen LogP contribution in [0.25, 0.3) is 10.9 Å². The summed E-state index contributed by atoms with van der Waals surface area (Å²) in [5.74, 6) is -0.961. The highest BCUT2D eigenvalue weighted by Gasteiger charge is 2.38. The minimum atomic E-state index is -4.74. The molecule has 6 nitrogen and oxygen atoms in total. The molecule has 1 aliphatic heterocycles. The summed E-state index contributed by atoms with van der Waals surface area (Å²) in [6.07, 6.45) is -1.82. The van der Waals surface area contributed by atoms with E-state index in [0.29, 0.717) is 12.1 Å². The lowest BCUT2D eigenvalue weighted by Gasteiger charge is -2.26.